The molecule has 104 heavy (non-hydrogen) atoms. The third kappa shape index (κ3) is 31.0. The number of nitrogens with two attached hydrogens (primary N) is 4. The van der Waals surface area contributed by atoms with Crippen molar-refractivity contribution < 1.29 is 70.9 Å². The van der Waals surface area contributed by atoms with Gasteiger partial charge in [-0.2, -0.15) is 11.8 Å². The number of nitrogens with zero attached hydrogens (tertiary/aromatic N) is 8. The predicted molar refractivity (Wildman–Crippen MR) is 398 cm³/mol. The predicted octanol–water partition coefficient (Wildman–Crippen LogP) is 2.45. The molecule has 1 aliphatic carbocycles. The summed E-state index contributed by atoms with van der Waals surface area (Å²) in [5.41, 5.74) is 19.4. The molecule has 1 unspecified atom stereocenters. The van der Waals surface area contributed by atoms with E-state index in [0.717, 1.165) is 37.7 Å². The van der Waals surface area contributed by atoms with E-state index in [4.69, 9.17) is 31.8 Å². The Morgan fingerprint density at radius 2 is 1.01 bits per heavy atom. The number of carboxylic acids is 1. The van der Waals surface area contributed by atoms with Gasteiger partial charge in [-0.25, -0.2) is 18.4 Å². The topological polar surface area (TPSA) is 398 Å². The molecule has 2 aliphatic rings. The lowest BCUT2D eigenvalue weighted by Crippen LogP contribution is -2.54. The lowest BCUT2D eigenvalue weighted by Gasteiger charge is -2.37. The van der Waals surface area contributed by atoms with Crippen LogP contribution in [0.5, 0.6) is 11.5 Å². The zero-order valence-corrected chi connectivity index (χ0v) is 63.2. The maximum Gasteiger partial charge on any atom is 0.326 e. The zero-order chi connectivity index (χ0) is 76.1. The molecule has 11 N–H and O–H groups in total. The van der Waals surface area contributed by atoms with Gasteiger partial charge in [-0.05, 0) is 162 Å². The molecule has 1 aliphatic heterocycles. The summed E-state index contributed by atoms with van der Waals surface area (Å²) in [6.45, 7) is 5.19. The Hall–Kier alpha value is -7.94. The van der Waals surface area contributed by atoms with Crippen molar-refractivity contribution in [3.05, 3.63) is 89.5 Å². The van der Waals surface area contributed by atoms with Gasteiger partial charge in [0.1, 0.15) is 19.1 Å². The van der Waals surface area contributed by atoms with Crippen LogP contribution in [0.1, 0.15) is 121 Å². The molecule has 0 aromatic heterocycles. The van der Waals surface area contributed by atoms with E-state index in [2.05, 4.69) is 10.6 Å². The standard InChI is InChI=1S/C73H114N14O15S2/c1-54(2)42-84(65(89)41-78-34-15-12-31-74)51-72(96)87(59-20-10-7-11-21-59)52-71(95)83(37-28-56-18-8-6-9-19-56)46-66(90)82(38-29-57-22-25-60(26-23-57)104(77,99)100)48-69(93)85(43-55(3)4)49-68(92)81(36-17-14-33-76)47-70(94)86(44-58-24-27-62-63(40-58)102-53-101-62)50-67(91)80(35-16-13-32-75)45-64(88)79-61(73(97)98)30-39-103-5/h6,8-9,18-19,22-27,40,54-55,59,61,78H,7,10-17,20-21,28-39,41-53,74-76H2,1-5H3,(H,79,88)(H,97,98)(H2,77,99,100). The van der Waals surface area contributed by atoms with Gasteiger partial charge in [0.2, 0.25) is 70.0 Å². The summed E-state index contributed by atoms with van der Waals surface area (Å²) in [6.07, 6.45) is 9.42. The van der Waals surface area contributed by atoms with E-state index in [1.807, 2.05) is 58.0 Å². The number of carbonyl (C=O) groups is 10. The Morgan fingerprint density at radius 3 is 1.56 bits per heavy atom. The van der Waals surface area contributed by atoms with Crippen LogP contribution in [-0.2, 0) is 77.4 Å². The number of hydrogen-bond acceptors (Lipinski definition) is 19. The van der Waals surface area contributed by atoms with Crippen molar-refractivity contribution in [1.82, 2.24) is 49.8 Å². The molecule has 1 saturated carbocycles. The number of fused-ring (bicyclic) bond motifs is 1. The second-order valence-electron chi connectivity index (χ2n) is 27.4. The van der Waals surface area contributed by atoms with Gasteiger partial charge >= 0.3 is 5.97 Å². The molecule has 0 saturated heterocycles. The maximum absolute atomic E-state index is 15.3. The summed E-state index contributed by atoms with van der Waals surface area (Å²) >= 11 is 1.41. The fraction of sp³-hybridized carbons (Fsp3) is 0.616. The number of sulfonamides is 1. The Bertz CT molecular complexity index is 3350. The van der Waals surface area contributed by atoms with Crippen LogP contribution in [-0.4, -0.2) is 267 Å². The van der Waals surface area contributed by atoms with Crippen LogP contribution in [0.4, 0.5) is 0 Å². The van der Waals surface area contributed by atoms with Crippen molar-refractivity contribution in [1.29, 1.82) is 0 Å². The highest BCUT2D eigenvalue weighted by Gasteiger charge is 2.35. The number of ether oxygens (including phenoxy) is 2. The Kier molecular flexibility index (Phi) is 38.4. The number of benzene rings is 3. The van der Waals surface area contributed by atoms with Crippen LogP contribution in [0.15, 0.2) is 77.7 Å². The summed E-state index contributed by atoms with van der Waals surface area (Å²) in [6, 6.07) is 18.6. The summed E-state index contributed by atoms with van der Waals surface area (Å²) in [5, 5.41) is 21.0. The summed E-state index contributed by atoms with van der Waals surface area (Å²) in [7, 11) is -4.07. The Balaban J connectivity index is 1.49. The normalized spacial score (nSPS) is 13.1. The van der Waals surface area contributed by atoms with Crippen molar-refractivity contribution in [3.63, 3.8) is 0 Å². The fourth-order valence-corrected chi connectivity index (χ4v) is 13.2. The minimum atomic E-state index is -4.07. The number of primary sulfonamides is 1. The molecule has 1 heterocycles. The van der Waals surface area contributed by atoms with Crippen molar-refractivity contribution in [3.8, 4) is 11.5 Å². The van der Waals surface area contributed by atoms with E-state index in [-0.39, 0.29) is 114 Å². The van der Waals surface area contributed by atoms with Gasteiger partial charge in [-0.15, -0.1) is 0 Å². The first kappa shape index (κ1) is 86.7. The number of carbonyl (C=O) groups excluding carboxylic acids is 9. The molecule has 578 valence electrons. The Labute approximate surface area is 618 Å². The molecule has 0 spiro atoms. The number of rotatable bonds is 49. The zero-order valence-electron chi connectivity index (χ0n) is 61.6. The van der Waals surface area contributed by atoms with Crippen molar-refractivity contribution in [2.75, 3.05) is 143 Å². The average Bonchev–Trinajstić information content (AvgIpc) is 1.40. The quantitative estimate of drug-likeness (QED) is 0.0399. The number of unbranched alkanes of at least 4 members (excludes halogenated alkanes) is 3. The highest BCUT2D eigenvalue weighted by molar-refractivity contribution is 7.98. The maximum atomic E-state index is 15.3. The van der Waals surface area contributed by atoms with Gasteiger partial charge in [0.15, 0.2) is 11.5 Å². The van der Waals surface area contributed by atoms with Gasteiger partial charge in [0.25, 0.3) is 0 Å². The molecular weight excluding hydrogens is 1380 g/mol. The van der Waals surface area contributed by atoms with Crippen LogP contribution in [0.2, 0.25) is 0 Å². The first-order valence-corrected chi connectivity index (χ1v) is 39.3. The number of hydrogen-bond donors (Lipinski definition) is 7. The van der Waals surface area contributed by atoms with E-state index in [1.165, 1.54) is 70.3 Å². The van der Waals surface area contributed by atoms with Gasteiger partial charge in [-0.1, -0.05) is 95.5 Å². The molecule has 3 aromatic carbocycles. The van der Waals surface area contributed by atoms with Crippen LogP contribution >= 0.6 is 11.8 Å². The van der Waals surface area contributed by atoms with E-state index in [0.29, 0.717) is 93.0 Å². The van der Waals surface area contributed by atoms with Crippen LogP contribution < -0.4 is 42.4 Å². The first-order valence-electron chi connectivity index (χ1n) is 36.3. The SMILES string of the molecule is CSCCC(NC(=O)CN(CCCCN)C(=O)CN(Cc1ccc2c(c1)OCO2)C(=O)CN(CCCCN)C(=O)CN(CC(C)C)C(=O)CN(CCc1ccc(S(N)(=O)=O)cc1)C(=O)CN(CCc1ccccc1)C(=O)CN(C(=O)CN(CC(C)C)C(=O)CNCCCCN)C1CCCCC1)C(=O)O. The van der Waals surface area contributed by atoms with Gasteiger partial charge in [0.05, 0.1) is 50.7 Å². The van der Waals surface area contributed by atoms with Crippen LogP contribution in [0, 0.1) is 11.8 Å². The molecule has 0 radical (unpaired) electrons. The molecule has 0 bridgehead atoms. The highest BCUT2D eigenvalue weighted by atomic mass is 32.2. The third-order valence-corrected chi connectivity index (χ3v) is 19.5. The van der Waals surface area contributed by atoms with E-state index in [9.17, 15) is 37.5 Å². The van der Waals surface area contributed by atoms with Gasteiger partial charge in [0, 0.05) is 51.9 Å². The van der Waals surface area contributed by atoms with E-state index in [1.54, 1.807) is 29.4 Å². The van der Waals surface area contributed by atoms with Crippen molar-refractivity contribution in [2.24, 2.45) is 34.2 Å². The number of thioether (sulfide) groups is 1. The van der Waals surface area contributed by atoms with Crippen molar-refractivity contribution >= 4 is 80.9 Å². The summed E-state index contributed by atoms with van der Waals surface area (Å²) in [4.78, 5) is 155. The van der Waals surface area contributed by atoms with Gasteiger partial charge in [-0.3, -0.25) is 43.2 Å². The smallest absolute Gasteiger partial charge is 0.326 e. The lowest BCUT2D eigenvalue weighted by molar-refractivity contribution is -0.149. The van der Waals surface area contributed by atoms with Gasteiger partial charge < -0.3 is 81.6 Å². The van der Waals surface area contributed by atoms with E-state index >= 15 is 24.0 Å². The molecule has 3 aromatic rings. The largest absolute Gasteiger partial charge is 0.480 e. The average molecular weight is 1490 g/mol. The molecular formula is C73H114N14O15S2. The third-order valence-electron chi connectivity index (χ3n) is 17.9. The Morgan fingerprint density at radius 1 is 0.538 bits per heavy atom. The fourth-order valence-electron chi connectivity index (χ4n) is 12.2. The lowest BCUT2D eigenvalue weighted by atomic mass is 9.94. The molecule has 1 atom stereocenters. The number of aliphatic carboxylic acids is 1. The first-order chi connectivity index (χ1) is 49.7. The second kappa shape index (κ2) is 46.1. The minimum Gasteiger partial charge on any atom is -0.480 e. The van der Waals surface area contributed by atoms with Crippen LogP contribution in [0.3, 0.4) is 0 Å². The number of nitrogens with one attached hydrogen (secondary N) is 2. The van der Waals surface area contributed by atoms with E-state index < -0.39 is 115 Å². The number of carboxylic acid groups (broad SMARTS) is 1. The monoisotopic (exact) mass is 1490 g/mol. The molecule has 5 rings (SSSR count). The molecule has 31 heteroatoms. The number of amides is 9. The minimum absolute atomic E-state index is 0.00277. The van der Waals surface area contributed by atoms with Crippen molar-refractivity contribution in [2.45, 2.75) is 141 Å². The molecule has 29 nitrogen and oxygen atoms in total. The highest BCUT2D eigenvalue weighted by Crippen LogP contribution is 2.33. The summed E-state index contributed by atoms with van der Waals surface area (Å²) in [5.74, 6) is -5.36. The second-order valence-corrected chi connectivity index (χ2v) is 30.0. The molecule has 1 fully saturated rings. The molecule has 9 amide bonds. The van der Waals surface area contributed by atoms with Crippen LogP contribution in [0.25, 0.3) is 0 Å². The summed E-state index contributed by atoms with van der Waals surface area (Å²) < 4.78 is 35.8.